The van der Waals surface area contributed by atoms with Crippen LogP contribution < -0.4 is 0 Å². The van der Waals surface area contributed by atoms with Gasteiger partial charge < -0.3 is 0 Å². The van der Waals surface area contributed by atoms with Crippen molar-refractivity contribution in [1.82, 2.24) is 0 Å². The second-order valence-corrected chi connectivity index (χ2v) is 4.51. The van der Waals surface area contributed by atoms with Crippen LogP contribution in [0.3, 0.4) is 0 Å². The molecule has 0 radical (unpaired) electrons. The normalized spacial score (nSPS) is 9.43. The van der Waals surface area contributed by atoms with Gasteiger partial charge in [0.1, 0.15) is 0 Å². The summed E-state index contributed by atoms with van der Waals surface area (Å²) in [6, 6.07) is 10.6. The Hall–Kier alpha value is -3.60. The van der Waals surface area contributed by atoms with Gasteiger partial charge in [0.25, 0.3) is 0 Å². The zero-order valence-corrected chi connectivity index (χ0v) is 12.0. The molecule has 112 valence electrons. The molecule has 0 aromatic heterocycles. The van der Waals surface area contributed by atoms with Gasteiger partial charge in [-0.15, -0.1) is 0 Å². The average Bonchev–Trinajstić information content (AvgIpc) is 2.56. The smallest absolute Gasteiger partial charge is 0.193 e. The van der Waals surface area contributed by atoms with Crippen molar-refractivity contribution in [3.63, 3.8) is 0 Å². The van der Waals surface area contributed by atoms with Crippen molar-refractivity contribution in [2.45, 2.75) is 6.92 Å². The Kier molecular flexibility index (Phi) is 4.74. The van der Waals surface area contributed by atoms with Crippen LogP contribution in [-0.4, -0.2) is 11.6 Å². The Morgan fingerprint density at radius 2 is 1.52 bits per heavy atom. The molecule has 0 amide bonds. The Morgan fingerprint density at radius 1 is 0.913 bits per heavy atom. The van der Waals surface area contributed by atoms with Crippen LogP contribution in [0.15, 0.2) is 52.7 Å². The second kappa shape index (κ2) is 6.91. The molecule has 23 heavy (non-hydrogen) atoms. The molecule has 0 N–H and O–H groups in total. The lowest BCUT2D eigenvalue weighted by molar-refractivity contribution is 0.101. The van der Waals surface area contributed by atoms with Gasteiger partial charge in [0, 0.05) is 32.2 Å². The van der Waals surface area contributed by atoms with E-state index in [1.54, 1.807) is 12.1 Å². The first-order chi connectivity index (χ1) is 11.1. The summed E-state index contributed by atoms with van der Waals surface area (Å²) in [4.78, 5) is 29.2. The summed E-state index contributed by atoms with van der Waals surface area (Å²) in [6.45, 7) is 1.43. The fourth-order valence-electron chi connectivity index (χ4n) is 2.01. The topological polar surface area (TPSA) is 132 Å². The molecule has 0 unspecified atom stereocenters. The van der Waals surface area contributed by atoms with Crippen LogP contribution in [0, 0.1) is 0 Å². The maximum Gasteiger partial charge on any atom is 0.193 e. The molecule has 0 aliphatic heterocycles. The monoisotopic (exact) mass is 306 g/mol. The van der Waals surface area contributed by atoms with Crippen LogP contribution >= 0.6 is 0 Å². The van der Waals surface area contributed by atoms with Gasteiger partial charge in [0.2, 0.25) is 0 Å². The van der Waals surface area contributed by atoms with Gasteiger partial charge in [-0.05, 0) is 18.0 Å². The highest BCUT2D eigenvalue weighted by Gasteiger charge is 2.15. The molecule has 0 spiro atoms. The molecule has 0 saturated heterocycles. The van der Waals surface area contributed by atoms with Crippen LogP contribution in [0.2, 0.25) is 0 Å². The molecular weight excluding hydrogens is 296 g/mol. The molecule has 0 saturated carbocycles. The first kappa shape index (κ1) is 15.8. The predicted molar refractivity (Wildman–Crippen MR) is 83.9 cm³/mol. The molecule has 0 atom stereocenters. The third-order valence-corrected chi connectivity index (χ3v) is 3.11. The average molecular weight is 306 g/mol. The number of nitrogens with zero attached hydrogens (tertiary/aromatic N) is 6. The number of ketones is 2. The van der Waals surface area contributed by atoms with Crippen LogP contribution in [-0.2, 0) is 0 Å². The van der Waals surface area contributed by atoms with Crippen molar-refractivity contribution in [3.05, 3.63) is 80.0 Å². The molecule has 2 rings (SSSR count). The SMILES string of the molecule is CC(=O)c1ccc(C(=O)c2cccc(N=[N+]=[N-])c2N=[N+]=[N-])cc1. The van der Waals surface area contributed by atoms with Crippen LogP contribution in [0.5, 0.6) is 0 Å². The van der Waals surface area contributed by atoms with E-state index in [1.165, 1.54) is 37.3 Å². The third kappa shape index (κ3) is 3.36. The fraction of sp³-hybridized carbons (Fsp3) is 0.0667. The molecule has 0 bridgehead atoms. The highest BCUT2D eigenvalue weighted by atomic mass is 16.1. The van der Waals surface area contributed by atoms with Crippen LogP contribution in [0.25, 0.3) is 20.9 Å². The summed E-state index contributed by atoms with van der Waals surface area (Å²) in [5.74, 6) is -0.512. The Bertz CT molecular complexity index is 875. The summed E-state index contributed by atoms with van der Waals surface area (Å²) < 4.78 is 0. The van der Waals surface area contributed by atoms with Gasteiger partial charge in [-0.2, -0.15) is 0 Å². The molecule has 2 aromatic rings. The van der Waals surface area contributed by atoms with Gasteiger partial charge in [0.05, 0.1) is 5.69 Å². The fourth-order valence-corrected chi connectivity index (χ4v) is 2.01. The van der Waals surface area contributed by atoms with E-state index in [-0.39, 0.29) is 22.7 Å². The lowest BCUT2D eigenvalue weighted by Gasteiger charge is -2.07. The first-order valence-electron chi connectivity index (χ1n) is 6.47. The van der Waals surface area contributed by atoms with E-state index in [4.69, 9.17) is 11.1 Å². The lowest BCUT2D eigenvalue weighted by atomic mass is 9.99. The van der Waals surface area contributed by atoms with Gasteiger partial charge in [-0.3, -0.25) is 9.59 Å². The maximum absolute atomic E-state index is 12.6. The van der Waals surface area contributed by atoms with E-state index in [0.717, 1.165) is 0 Å². The van der Waals surface area contributed by atoms with Crippen molar-refractivity contribution in [3.8, 4) is 0 Å². The van der Waals surface area contributed by atoms with Crippen LogP contribution in [0.1, 0.15) is 33.2 Å². The number of Topliss-reactive ketones (excluding diaryl/α,β-unsaturated/α-hetero) is 1. The zero-order valence-electron chi connectivity index (χ0n) is 12.0. The molecule has 2 aromatic carbocycles. The highest BCUT2D eigenvalue weighted by Crippen LogP contribution is 2.33. The Labute approximate surface area is 130 Å². The summed E-state index contributed by atoms with van der Waals surface area (Å²) in [5.41, 5.74) is 18.2. The number of rotatable bonds is 5. The van der Waals surface area contributed by atoms with E-state index >= 15 is 0 Å². The van der Waals surface area contributed by atoms with Crippen molar-refractivity contribution in [2.75, 3.05) is 0 Å². The van der Waals surface area contributed by atoms with Crippen molar-refractivity contribution < 1.29 is 9.59 Å². The minimum absolute atomic E-state index is 0.0338. The van der Waals surface area contributed by atoms with Crippen molar-refractivity contribution in [1.29, 1.82) is 0 Å². The number of carbonyl (C=O) groups is 2. The minimum atomic E-state index is -0.405. The first-order valence-corrected chi connectivity index (χ1v) is 6.47. The predicted octanol–water partition coefficient (Wildman–Crippen LogP) is 5.00. The molecule has 0 aliphatic carbocycles. The largest absolute Gasteiger partial charge is 0.295 e. The van der Waals surface area contributed by atoms with E-state index < -0.39 is 5.78 Å². The number of hydrogen-bond acceptors (Lipinski definition) is 4. The number of hydrogen-bond donors (Lipinski definition) is 0. The van der Waals surface area contributed by atoms with Gasteiger partial charge in [0.15, 0.2) is 11.6 Å². The van der Waals surface area contributed by atoms with E-state index in [9.17, 15) is 9.59 Å². The van der Waals surface area contributed by atoms with Crippen molar-refractivity contribution >= 4 is 22.9 Å². The number of carbonyl (C=O) groups excluding carboxylic acids is 2. The van der Waals surface area contributed by atoms with Gasteiger partial charge in [-0.25, -0.2) is 0 Å². The molecule has 0 fully saturated rings. The Balaban J connectivity index is 2.54. The standard InChI is InChI=1S/C15H10N6O2/c1-9(22)10-5-7-11(8-6-10)15(23)12-3-2-4-13(18-20-16)14(12)19-21-17/h2-8H,1H3. The summed E-state index contributed by atoms with van der Waals surface area (Å²) in [5, 5.41) is 6.88. The summed E-state index contributed by atoms with van der Waals surface area (Å²) >= 11 is 0. The Morgan fingerprint density at radius 3 is 2.09 bits per heavy atom. The number of benzene rings is 2. The van der Waals surface area contributed by atoms with E-state index in [0.29, 0.717) is 11.1 Å². The number of azide groups is 2. The molecular formula is C15H10N6O2. The van der Waals surface area contributed by atoms with Crippen molar-refractivity contribution in [2.24, 2.45) is 10.2 Å². The summed E-state index contributed by atoms with van der Waals surface area (Å²) in [7, 11) is 0. The second-order valence-electron chi connectivity index (χ2n) is 4.51. The lowest BCUT2D eigenvalue weighted by Crippen LogP contribution is -2.02. The van der Waals surface area contributed by atoms with Gasteiger partial charge >= 0.3 is 0 Å². The summed E-state index contributed by atoms with van der Waals surface area (Å²) in [6.07, 6.45) is 0. The molecule has 0 heterocycles. The van der Waals surface area contributed by atoms with Crippen LogP contribution in [0.4, 0.5) is 11.4 Å². The minimum Gasteiger partial charge on any atom is -0.295 e. The van der Waals surface area contributed by atoms with E-state index in [1.807, 2.05) is 0 Å². The quantitative estimate of drug-likeness (QED) is 0.332. The molecule has 0 aliphatic rings. The molecule has 8 nitrogen and oxygen atoms in total. The highest BCUT2D eigenvalue weighted by molar-refractivity contribution is 6.13. The molecule has 8 heteroatoms. The third-order valence-electron chi connectivity index (χ3n) is 3.11. The maximum atomic E-state index is 12.6. The van der Waals surface area contributed by atoms with Gasteiger partial charge in [-0.1, -0.05) is 52.7 Å². The zero-order chi connectivity index (χ0) is 16.8. The van der Waals surface area contributed by atoms with E-state index in [2.05, 4.69) is 20.1 Å².